The van der Waals surface area contributed by atoms with Crippen molar-refractivity contribution in [3.63, 3.8) is 0 Å². The van der Waals surface area contributed by atoms with E-state index in [-0.39, 0.29) is 0 Å². The number of hydrogen-bond donors (Lipinski definition) is 0. The van der Waals surface area contributed by atoms with E-state index in [9.17, 15) is 9.59 Å². The quantitative estimate of drug-likeness (QED) is 0.582. The third kappa shape index (κ3) is 3.15. The van der Waals surface area contributed by atoms with Gasteiger partial charge in [-0.25, -0.2) is 0 Å². The Morgan fingerprint density at radius 2 is 1.92 bits per heavy atom. The fraction of sp³-hybridized carbons (Fsp3) is 0.263. The van der Waals surface area contributed by atoms with E-state index >= 15 is 0 Å². The van der Waals surface area contributed by atoms with Crippen LogP contribution in [0.3, 0.4) is 0 Å². The van der Waals surface area contributed by atoms with E-state index in [4.69, 9.17) is 16.3 Å². The van der Waals surface area contributed by atoms with Gasteiger partial charge >= 0.3 is 0 Å². The van der Waals surface area contributed by atoms with Gasteiger partial charge in [0.25, 0.3) is 11.7 Å². The van der Waals surface area contributed by atoms with Gasteiger partial charge in [0.05, 0.1) is 24.4 Å². The number of halogens is 1. The van der Waals surface area contributed by atoms with Gasteiger partial charge in [-0.05, 0) is 30.7 Å². The summed E-state index contributed by atoms with van der Waals surface area (Å²) in [5, 5.41) is 0.444. The number of amides is 1. The van der Waals surface area contributed by atoms with Crippen LogP contribution in [-0.4, -0.2) is 18.3 Å². The number of para-hydroxylation sites is 1. The van der Waals surface area contributed by atoms with Gasteiger partial charge in [0.15, 0.2) is 0 Å². The number of ether oxygens (including phenoxy) is 1. The normalized spacial score (nSPS) is 13.3. The Kier molecular flexibility index (Phi) is 4.86. The van der Waals surface area contributed by atoms with Gasteiger partial charge < -0.3 is 9.64 Å². The molecule has 0 bridgehead atoms. The Hall–Kier alpha value is -2.33. The summed E-state index contributed by atoms with van der Waals surface area (Å²) in [6, 6.07) is 12.5. The second kappa shape index (κ2) is 7.05. The Bertz CT molecular complexity index is 788. The van der Waals surface area contributed by atoms with E-state index in [0.29, 0.717) is 29.4 Å². The molecule has 4 nitrogen and oxygen atoms in total. The SMILES string of the molecule is CCCCOc1ccccc1CN1C(=O)C(=O)c2cc(Cl)ccc21. The minimum absolute atomic E-state index is 0.293. The molecule has 3 rings (SSSR count). The van der Waals surface area contributed by atoms with Crippen molar-refractivity contribution in [3.8, 4) is 5.75 Å². The number of anilines is 1. The smallest absolute Gasteiger partial charge is 0.299 e. The lowest BCUT2D eigenvalue weighted by atomic mass is 10.1. The van der Waals surface area contributed by atoms with Crippen molar-refractivity contribution in [1.29, 1.82) is 0 Å². The van der Waals surface area contributed by atoms with Crippen LogP contribution in [0.25, 0.3) is 0 Å². The number of unbranched alkanes of at least 4 members (excludes halogenated alkanes) is 1. The lowest BCUT2D eigenvalue weighted by Gasteiger charge is -2.19. The summed E-state index contributed by atoms with van der Waals surface area (Å²) in [6.07, 6.45) is 2.02. The van der Waals surface area contributed by atoms with Gasteiger partial charge in [0.2, 0.25) is 0 Å². The monoisotopic (exact) mass is 343 g/mol. The first kappa shape index (κ1) is 16.5. The van der Waals surface area contributed by atoms with Crippen LogP contribution in [0, 0.1) is 0 Å². The summed E-state index contributed by atoms with van der Waals surface area (Å²) < 4.78 is 5.81. The van der Waals surface area contributed by atoms with Crippen LogP contribution in [-0.2, 0) is 11.3 Å². The molecule has 124 valence electrons. The highest BCUT2D eigenvalue weighted by molar-refractivity contribution is 6.52. The molecule has 0 spiro atoms. The molecular weight excluding hydrogens is 326 g/mol. The van der Waals surface area contributed by atoms with Gasteiger partial charge in [0, 0.05) is 10.6 Å². The van der Waals surface area contributed by atoms with Crippen LogP contribution in [0.1, 0.15) is 35.7 Å². The van der Waals surface area contributed by atoms with Crippen LogP contribution in [0.5, 0.6) is 5.75 Å². The van der Waals surface area contributed by atoms with Crippen molar-refractivity contribution in [2.45, 2.75) is 26.3 Å². The highest BCUT2D eigenvalue weighted by atomic mass is 35.5. The van der Waals surface area contributed by atoms with Crippen molar-refractivity contribution < 1.29 is 14.3 Å². The first-order valence-electron chi connectivity index (χ1n) is 7.98. The molecule has 0 aromatic heterocycles. The fourth-order valence-corrected chi connectivity index (χ4v) is 2.87. The lowest BCUT2D eigenvalue weighted by Crippen LogP contribution is -2.29. The number of benzene rings is 2. The second-order valence-corrected chi connectivity index (χ2v) is 6.13. The molecule has 2 aromatic carbocycles. The Morgan fingerprint density at radius 1 is 1.12 bits per heavy atom. The predicted molar refractivity (Wildman–Crippen MR) is 93.8 cm³/mol. The minimum Gasteiger partial charge on any atom is -0.493 e. The maximum atomic E-state index is 12.3. The number of nitrogens with zero attached hydrogens (tertiary/aromatic N) is 1. The van der Waals surface area contributed by atoms with Crippen LogP contribution in [0.2, 0.25) is 5.02 Å². The van der Waals surface area contributed by atoms with Gasteiger partial charge in [0.1, 0.15) is 5.75 Å². The van der Waals surface area contributed by atoms with Gasteiger partial charge in [-0.15, -0.1) is 0 Å². The summed E-state index contributed by atoms with van der Waals surface area (Å²) >= 11 is 5.94. The minimum atomic E-state index is -0.532. The maximum absolute atomic E-state index is 12.3. The third-order valence-corrected chi connectivity index (χ3v) is 4.23. The molecule has 24 heavy (non-hydrogen) atoms. The molecule has 0 radical (unpaired) electrons. The van der Waals surface area contributed by atoms with Gasteiger partial charge in [-0.2, -0.15) is 0 Å². The molecule has 1 amide bonds. The number of fused-ring (bicyclic) bond motifs is 1. The highest BCUT2D eigenvalue weighted by Gasteiger charge is 2.36. The van der Waals surface area contributed by atoms with Crippen molar-refractivity contribution in [2.75, 3.05) is 11.5 Å². The Labute approximate surface area is 146 Å². The molecule has 2 aromatic rings. The largest absolute Gasteiger partial charge is 0.493 e. The van der Waals surface area contributed by atoms with Crippen molar-refractivity contribution in [2.24, 2.45) is 0 Å². The average Bonchev–Trinajstić information content (AvgIpc) is 2.81. The Morgan fingerprint density at radius 3 is 2.71 bits per heavy atom. The molecule has 1 aliphatic heterocycles. The van der Waals surface area contributed by atoms with E-state index in [2.05, 4.69) is 6.92 Å². The molecule has 0 atom stereocenters. The zero-order valence-corrected chi connectivity index (χ0v) is 14.2. The third-order valence-electron chi connectivity index (χ3n) is 3.99. The average molecular weight is 344 g/mol. The summed E-state index contributed by atoms with van der Waals surface area (Å²) in [5.41, 5.74) is 1.83. The molecule has 0 saturated heterocycles. The molecule has 0 fully saturated rings. The number of carbonyl (C=O) groups excluding carboxylic acids is 2. The molecule has 5 heteroatoms. The van der Waals surface area contributed by atoms with E-state index < -0.39 is 11.7 Å². The summed E-state index contributed by atoms with van der Waals surface area (Å²) in [4.78, 5) is 26.0. The molecule has 0 N–H and O–H groups in total. The topological polar surface area (TPSA) is 46.6 Å². The van der Waals surface area contributed by atoms with E-state index in [1.807, 2.05) is 24.3 Å². The summed E-state index contributed by atoms with van der Waals surface area (Å²) in [7, 11) is 0. The van der Waals surface area contributed by atoms with E-state index in [1.54, 1.807) is 18.2 Å². The van der Waals surface area contributed by atoms with Crippen molar-refractivity contribution in [3.05, 3.63) is 58.6 Å². The van der Waals surface area contributed by atoms with E-state index in [1.165, 1.54) is 4.90 Å². The fourth-order valence-electron chi connectivity index (χ4n) is 2.70. The van der Waals surface area contributed by atoms with Crippen LogP contribution in [0.4, 0.5) is 5.69 Å². The van der Waals surface area contributed by atoms with Crippen molar-refractivity contribution in [1.82, 2.24) is 0 Å². The first-order chi connectivity index (χ1) is 11.6. The number of rotatable bonds is 6. The Balaban J connectivity index is 1.87. The first-order valence-corrected chi connectivity index (χ1v) is 8.36. The molecular formula is C19H18ClNO3. The van der Waals surface area contributed by atoms with Crippen LogP contribution in [0.15, 0.2) is 42.5 Å². The standard InChI is InChI=1S/C19H18ClNO3/c1-2-3-10-24-17-7-5-4-6-13(17)12-21-16-9-8-14(20)11-15(16)18(22)19(21)23/h4-9,11H,2-3,10,12H2,1H3. The highest BCUT2D eigenvalue weighted by Crippen LogP contribution is 2.33. The molecule has 0 unspecified atom stereocenters. The number of hydrogen-bond acceptors (Lipinski definition) is 3. The van der Waals surface area contributed by atoms with E-state index in [0.717, 1.165) is 24.2 Å². The number of Topliss-reactive ketones (excluding diaryl/α,β-unsaturated/α-hetero) is 1. The molecule has 1 heterocycles. The second-order valence-electron chi connectivity index (χ2n) is 5.69. The summed E-state index contributed by atoms with van der Waals surface area (Å²) in [5.74, 6) is -0.305. The summed E-state index contributed by atoms with van der Waals surface area (Å²) in [6.45, 7) is 3.03. The van der Waals surface area contributed by atoms with Gasteiger partial charge in [-0.3, -0.25) is 9.59 Å². The maximum Gasteiger partial charge on any atom is 0.299 e. The zero-order chi connectivity index (χ0) is 17.1. The van der Waals surface area contributed by atoms with Gasteiger partial charge in [-0.1, -0.05) is 43.1 Å². The predicted octanol–water partition coefficient (Wildman–Crippen LogP) is 4.25. The number of ketones is 1. The molecule has 0 aliphatic carbocycles. The number of carbonyl (C=O) groups is 2. The van der Waals surface area contributed by atoms with Crippen molar-refractivity contribution >= 4 is 29.0 Å². The lowest BCUT2D eigenvalue weighted by molar-refractivity contribution is -0.114. The zero-order valence-electron chi connectivity index (χ0n) is 13.4. The molecule has 0 saturated carbocycles. The van der Waals surface area contributed by atoms with Crippen LogP contribution < -0.4 is 9.64 Å². The molecule has 1 aliphatic rings. The van der Waals surface area contributed by atoms with Crippen LogP contribution >= 0.6 is 11.6 Å².